The summed E-state index contributed by atoms with van der Waals surface area (Å²) in [5, 5.41) is 6.92. The first-order valence-corrected chi connectivity index (χ1v) is 7.13. The quantitative estimate of drug-likeness (QED) is 0.889. The number of aryl methyl sites for hydroxylation is 1. The lowest BCUT2D eigenvalue weighted by atomic mass is 9.99. The van der Waals surface area contributed by atoms with E-state index >= 15 is 0 Å². The molecule has 1 heterocycles. The van der Waals surface area contributed by atoms with E-state index in [0.29, 0.717) is 0 Å². The average molecular weight is 270 g/mol. The van der Waals surface area contributed by atoms with Crippen LogP contribution in [-0.4, -0.2) is 6.54 Å². The average Bonchev–Trinajstić information content (AvgIpc) is 2.49. The summed E-state index contributed by atoms with van der Waals surface area (Å²) >= 11 is 0. The molecule has 0 amide bonds. The first kappa shape index (κ1) is 13.1. The van der Waals surface area contributed by atoms with E-state index < -0.39 is 0 Å². The van der Waals surface area contributed by atoms with E-state index in [1.807, 2.05) is 12.1 Å². The number of nitrogens with one attached hydrogen (secondary N) is 2. The van der Waals surface area contributed by atoms with Crippen molar-refractivity contribution in [3.05, 3.63) is 65.0 Å². The normalized spacial score (nSPS) is 13.7. The lowest BCUT2D eigenvalue weighted by Gasteiger charge is -2.21. The summed E-state index contributed by atoms with van der Waals surface area (Å²) < 4.78 is 12.8. The molecule has 0 aliphatic carbocycles. The highest BCUT2D eigenvalue weighted by Crippen LogP contribution is 2.25. The van der Waals surface area contributed by atoms with Crippen molar-refractivity contribution < 1.29 is 4.39 Å². The van der Waals surface area contributed by atoms with Gasteiger partial charge in [0.1, 0.15) is 5.82 Å². The molecule has 0 atom stereocenters. The number of hydrogen-bond donors (Lipinski definition) is 2. The highest BCUT2D eigenvalue weighted by molar-refractivity contribution is 5.59. The van der Waals surface area contributed by atoms with Gasteiger partial charge in [-0.25, -0.2) is 4.39 Å². The number of benzene rings is 2. The molecule has 3 heteroatoms. The van der Waals surface area contributed by atoms with E-state index in [9.17, 15) is 4.39 Å². The fraction of sp³-hybridized carbons (Fsp3) is 0.294. The largest absolute Gasteiger partial charge is 0.385 e. The molecule has 0 radical (unpaired) electrons. The van der Waals surface area contributed by atoms with Crippen LogP contribution in [-0.2, 0) is 19.5 Å². The first-order chi connectivity index (χ1) is 9.83. The lowest BCUT2D eigenvalue weighted by Crippen LogP contribution is -2.18. The standard InChI is InChI=1S/C17H19FN2/c18-16-8-6-13(7-9-16)11-19-12-15-4-1-3-14-5-2-10-20-17(14)15/h1,3-4,6-9,19-20H,2,5,10-12H2. The molecule has 20 heavy (non-hydrogen) atoms. The summed E-state index contributed by atoms with van der Waals surface area (Å²) in [7, 11) is 0. The maximum Gasteiger partial charge on any atom is 0.123 e. The fourth-order valence-corrected chi connectivity index (χ4v) is 2.67. The second-order valence-corrected chi connectivity index (χ2v) is 5.21. The van der Waals surface area contributed by atoms with Crippen LogP contribution in [0.4, 0.5) is 10.1 Å². The summed E-state index contributed by atoms with van der Waals surface area (Å²) in [6, 6.07) is 13.1. The second-order valence-electron chi connectivity index (χ2n) is 5.21. The van der Waals surface area contributed by atoms with Gasteiger partial charge in [0.25, 0.3) is 0 Å². The minimum Gasteiger partial charge on any atom is -0.385 e. The molecule has 1 aliphatic rings. The summed E-state index contributed by atoms with van der Waals surface area (Å²) in [6.45, 7) is 2.64. The van der Waals surface area contributed by atoms with Gasteiger partial charge in [-0.15, -0.1) is 0 Å². The molecule has 0 saturated heterocycles. The molecular weight excluding hydrogens is 251 g/mol. The smallest absolute Gasteiger partial charge is 0.123 e. The summed E-state index contributed by atoms with van der Waals surface area (Å²) in [5.41, 5.74) is 5.12. The number of rotatable bonds is 4. The molecule has 0 spiro atoms. The number of halogens is 1. The van der Waals surface area contributed by atoms with Crippen molar-refractivity contribution in [2.24, 2.45) is 0 Å². The van der Waals surface area contributed by atoms with Gasteiger partial charge < -0.3 is 10.6 Å². The van der Waals surface area contributed by atoms with Crippen molar-refractivity contribution in [1.82, 2.24) is 5.32 Å². The topological polar surface area (TPSA) is 24.1 Å². The summed E-state index contributed by atoms with van der Waals surface area (Å²) in [5.74, 6) is -0.185. The zero-order valence-corrected chi connectivity index (χ0v) is 11.5. The molecule has 2 aromatic carbocycles. The molecule has 0 fully saturated rings. The van der Waals surface area contributed by atoms with Gasteiger partial charge in [0.05, 0.1) is 0 Å². The van der Waals surface area contributed by atoms with Crippen molar-refractivity contribution in [2.75, 3.05) is 11.9 Å². The van der Waals surface area contributed by atoms with Gasteiger partial charge in [-0.05, 0) is 41.7 Å². The van der Waals surface area contributed by atoms with Crippen molar-refractivity contribution in [3.8, 4) is 0 Å². The van der Waals surface area contributed by atoms with Crippen LogP contribution in [0.25, 0.3) is 0 Å². The Morgan fingerprint density at radius 2 is 1.90 bits per heavy atom. The third-order valence-electron chi connectivity index (χ3n) is 3.72. The first-order valence-electron chi connectivity index (χ1n) is 7.13. The van der Waals surface area contributed by atoms with Gasteiger partial charge in [-0.2, -0.15) is 0 Å². The third-order valence-corrected chi connectivity index (χ3v) is 3.72. The fourth-order valence-electron chi connectivity index (χ4n) is 2.67. The van der Waals surface area contributed by atoms with Crippen molar-refractivity contribution in [2.45, 2.75) is 25.9 Å². The Kier molecular flexibility index (Phi) is 3.97. The number of para-hydroxylation sites is 1. The molecule has 2 aromatic rings. The SMILES string of the molecule is Fc1ccc(CNCc2cccc3c2NCCC3)cc1. The van der Waals surface area contributed by atoms with Crippen LogP contribution in [0.15, 0.2) is 42.5 Å². The Morgan fingerprint density at radius 3 is 2.75 bits per heavy atom. The maximum absolute atomic E-state index is 12.8. The van der Waals surface area contributed by atoms with Crippen LogP contribution < -0.4 is 10.6 Å². The minimum absolute atomic E-state index is 0.185. The monoisotopic (exact) mass is 270 g/mol. The Hall–Kier alpha value is -1.87. The van der Waals surface area contributed by atoms with Gasteiger partial charge in [-0.1, -0.05) is 30.3 Å². The second kappa shape index (κ2) is 6.06. The zero-order valence-electron chi connectivity index (χ0n) is 11.5. The van der Waals surface area contributed by atoms with Gasteiger partial charge >= 0.3 is 0 Å². The van der Waals surface area contributed by atoms with Gasteiger partial charge in [0.2, 0.25) is 0 Å². The zero-order chi connectivity index (χ0) is 13.8. The molecule has 3 rings (SSSR count). The Balaban J connectivity index is 1.62. The molecule has 1 aliphatic heterocycles. The van der Waals surface area contributed by atoms with Crippen LogP contribution in [0.5, 0.6) is 0 Å². The van der Waals surface area contributed by atoms with E-state index in [4.69, 9.17) is 0 Å². The van der Waals surface area contributed by atoms with Crippen LogP contribution >= 0.6 is 0 Å². The molecule has 104 valence electrons. The predicted octanol–water partition coefficient (Wildman–Crippen LogP) is 3.47. The van der Waals surface area contributed by atoms with E-state index in [0.717, 1.165) is 31.6 Å². The van der Waals surface area contributed by atoms with Crippen molar-refractivity contribution >= 4 is 5.69 Å². The maximum atomic E-state index is 12.8. The number of anilines is 1. The van der Waals surface area contributed by atoms with Crippen molar-refractivity contribution in [1.29, 1.82) is 0 Å². The minimum atomic E-state index is -0.185. The van der Waals surface area contributed by atoms with Crippen LogP contribution in [0, 0.1) is 5.82 Å². The Labute approximate surface area is 119 Å². The molecular formula is C17H19FN2. The van der Waals surface area contributed by atoms with Gasteiger partial charge in [-0.3, -0.25) is 0 Å². The molecule has 0 saturated carbocycles. The summed E-state index contributed by atoms with van der Waals surface area (Å²) in [6.07, 6.45) is 2.37. The van der Waals surface area contributed by atoms with E-state index in [1.165, 1.54) is 35.4 Å². The molecule has 2 N–H and O–H groups in total. The van der Waals surface area contributed by atoms with Gasteiger partial charge in [0, 0.05) is 25.3 Å². The molecule has 0 unspecified atom stereocenters. The number of hydrogen-bond acceptors (Lipinski definition) is 2. The third kappa shape index (κ3) is 2.99. The van der Waals surface area contributed by atoms with Crippen LogP contribution in [0.1, 0.15) is 23.1 Å². The Bertz CT molecular complexity index is 578. The van der Waals surface area contributed by atoms with Gasteiger partial charge in [0.15, 0.2) is 0 Å². The van der Waals surface area contributed by atoms with E-state index in [-0.39, 0.29) is 5.82 Å². The highest BCUT2D eigenvalue weighted by Gasteiger charge is 2.11. The predicted molar refractivity (Wildman–Crippen MR) is 80.2 cm³/mol. The number of fused-ring (bicyclic) bond motifs is 1. The molecule has 0 bridgehead atoms. The van der Waals surface area contributed by atoms with E-state index in [1.54, 1.807) is 0 Å². The lowest BCUT2D eigenvalue weighted by molar-refractivity contribution is 0.625. The van der Waals surface area contributed by atoms with E-state index in [2.05, 4.69) is 28.8 Å². The molecule has 0 aromatic heterocycles. The Morgan fingerprint density at radius 1 is 1.05 bits per heavy atom. The van der Waals surface area contributed by atoms with Crippen LogP contribution in [0.2, 0.25) is 0 Å². The summed E-state index contributed by atoms with van der Waals surface area (Å²) in [4.78, 5) is 0. The van der Waals surface area contributed by atoms with Crippen LogP contribution in [0.3, 0.4) is 0 Å². The highest BCUT2D eigenvalue weighted by atomic mass is 19.1. The van der Waals surface area contributed by atoms with Crippen molar-refractivity contribution in [3.63, 3.8) is 0 Å². The molecule has 2 nitrogen and oxygen atoms in total.